The Hall–Kier alpha value is -0.120. The van der Waals surface area contributed by atoms with E-state index in [2.05, 4.69) is 22.5 Å². The largest absolute Gasteiger partial charge is 0.314 e. The molecular formula is C16H33N3. The molecule has 0 saturated carbocycles. The van der Waals surface area contributed by atoms with Crippen LogP contribution in [0.15, 0.2) is 0 Å². The summed E-state index contributed by atoms with van der Waals surface area (Å²) in [6.07, 6.45) is 11.1. The third-order valence-corrected chi connectivity index (χ3v) is 4.67. The summed E-state index contributed by atoms with van der Waals surface area (Å²) >= 11 is 0. The first-order valence-corrected chi connectivity index (χ1v) is 8.54. The van der Waals surface area contributed by atoms with E-state index >= 15 is 0 Å². The Kier molecular flexibility index (Phi) is 7.18. The van der Waals surface area contributed by atoms with Crippen LogP contribution < -0.4 is 10.6 Å². The minimum atomic E-state index is 0.653. The Labute approximate surface area is 119 Å². The molecule has 2 saturated heterocycles. The highest BCUT2D eigenvalue weighted by Crippen LogP contribution is 2.12. The standard InChI is InChI=1S/C16H33N3/c1-15(14-16-8-4-2-5-9-18-16)17-10-13-19-11-6-3-7-12-19/h15-18H,2-14H2,1H3. The summed E-state index contributed by atoms with van der Waals surface area (Å²) in [5, 5.41) is 7.42. The average Bonchev–Trinajstić information content (AvgIpc) is 2.68. The van der Waals surface area contributed by atoms with Crippen LogP contribution in [0.4, 0.5) is 0 Å². The normalized spacial score (nSPS) is 27.9. The third-order valence-electron chi connectivity index (χ3n) is 4.67. The van der Waals surface area contributed by atoms with E-state index in [0.29, 0.717) is 6.04 Å². The van der Waals surface area contributed by atoms with Crippen LogP contribution in [-0.4, -0.2) is 49.7 Å². The summed E-state index contributed by atoms with van der Waals surface area (Å²) in [6.45, 7) is 8.62. The van der Waals surface area contributed by atoms with E-state index < -0.39 is 0 Å². The quantitative estimate of drug-likeness (QED) is 0.774. The molecule has 0 aromatic carbocycles. The first kappa shape index (κ1) is 15.3. The number of hydrogen-bond donors (Lipinski definition) is 2. The van der Waals surface area contributed by atoms with Gasteiger partial charge in [0, 0.05) is 25.2 Å². The van der Waals surface area contributed by atoms with Gasteiger partial charge in [-0.2, -0.15) is 0 Å². The van der Waals surface area contributed by atoms with Crippen LogP contribution >= 0.6 is 0 Å². The van der Waals surface area contributed by atoms with Gasteiger partial charge in [-0.3, -0.25) is 0 Å². The molecule has 19 heavy (non-hydrogen) atoms. The molecule has 0 aliphatic carbocycles. The molecule has 0 aromatic rings. The molecule has 3 heteroatoms. The van der Waals surface area contributed by atoms with Crippen LogP contribution in [0.25, 0.3) is 0 Å². The van der Waals surface area contributed by atoms with Crippen molar-refractivity contribution in [1.82, 2.24) is 15.5 Å². The first-order valence-electron chi connectivity index (χ1n) is 8.54. The van der Waals surface area contributed by atoms with E-state index in [4.69, 9.17) is 0 Å². The minimum absolute atomic E-state index is 0.653. The van der Waals surface area contributed by atoms with Crippen molar-refractivity contribution < 1.29 is 0 Å². The van der Waals surface area contributed by atoms with Crippen molar-refractivity contribution in [2.45, 2.75) is 70.4 Å². The van der Waals surface area contributed by atoms with Gasteiger partial charge in [-0.05, 0) is 58.7 Å². The smallest absolute Gasteiger partial charge is 0.0107 e. The molecule has 2 rings (SSSR count). The lowest BCUT2D eigenvalue weighted by atomic mass is 10.0. The van der Waals surface area contributed by atoms with E-state index in [-0.39, 0.29) is 0 Å². The summed E-state index contributed by atoms with van der Waals surface area (Å²) < 4.78 is 0. The van der Waals surface area contributed by atoms with E-state index in [1.165, 1.54) is 77.5 Å². The average molecular weight is 267 g/mol. The molecule has 0 amide bonds. The Balaban J connectivity index is 1.54. The van der Waals surface area contributed by atoms with Gasteiger partial charge in [0.15, 0.2) is 0 Å². The zero-order chi connectivity index (χ0) is 13.3. The monoisotopic (exact) mass is 267 g/mol. The molecule has 112 valence electrons. The Morgan fingerprint density at radius 2 is 1.89 bits per heavy atom. The zero-order valence-corrected chi connectivity index (χ0v) is 12.8. The second-order valence-corrected chi connectivity index (χ2v) is 6.49. The summed E-state index contributed by atoms with van der Waals surface area (Å²) in [5.74, 6) is 0. The van der Waals surface area contributed by atoms with Crippen LogP contribution in [0.1, 0.15) is 58.3 Å². The Bertz CT molecular complexity index is 218. The van der Waals surface area contributed by atoms with Crippen molar-refractivity contribution in [3.05, 3.63) is 0 Å². The Morgan fingerprint density at radius 1 is 1.11 bits per heavy atom. The van der Waals surface area contributed by atoms with Gasteiger partial charge in [-0.25, -0.2) is 0 Å². The number of likely N-dealkylation sites (tertiary alicyclic amines) is 1. The molecule has 2 N–H and O–H groups in total. The summed E-state index contributed by atoms with van der Waals surface area (Å²) in [4.78, 5) is 2.62. The van der Waals surface area contributed by atoms with Crippen molar-refractivity contribution in [2.24, 2.45) is 0 Å². The van der Waals surface area contributed by atoms with Gasteiger partial charge < -0.3 is 15.5 Å². The third kappa shape index (κ3) is 6.24. The van der Waals surface area contributed by atoms with Crippen molar-refractivity contribution in [1.29, 1.82) is 0 Å². The molecule has 2 unspecified atom stereocenters. The van der Waals surface area contributed by atoms with Gasteiger partial charge in [0.1, 0.15) is 0 Å². The van der Waals surface area contributed by atoms with Crippen LogP contribution in [0, 0.1) is 0 Å². The fourth-order valence-electron chi connectivity index (χ4n) is 3.46. The topological polar surface area (TPSA) is 27.3 Å². The highest BCUT2D eigenvalue weighted by molar-refractivity contribution is 4.76. The van der Waals surface area contributed by atoms with Crippen molar-refractivity contribution in [3.63, 3.8) is 0 Å². The number of nitrogens with one attached hydrogen (secondary N) is 2. The number of hydrogen-bond acceptors (Lipinski definition) is 3. The number of piperidine rings is 1. The molecule has 0 aromatic heterocycles. The maximum absolute atomic E-state index is 3.72. The van der Waals surface area contributed by atoms with Gasteiger partial charge in [0.05, 0.1) is 0 Å². The number of nitrogens with zero attached hydrogens (tertiary/aromatic N) is 1. The number of rotatable bonds is 6. The highest BCUT2D eigenvalue weighted by Gasteiger charge is 2.15. The zero-order valence-electron chi connectivity index (χ0n) is 12.8. The van der Waals surface area contributed by atoms with E-state index in [0.717, 1.165) is 12.6 Å². The van der Waals surface area contributed by atoms with Gasteiger partial charge in [0.2, 0.25) is 0 Å². The molecule has 0 radical (unpaired) electrons. The lowest BCUT2D eigenvalue weighted by molar-refractivity contribution is 0.225. The van der Waals surface area contributed by atoms with Crippen LogP contribution in [0.3, 0.4) is 0 Å². The van der Waals surface area contributed by atoms with E-state index in [1.54, 1.807) is 0 Å². The highest BCUT2D eigenvalue weighted by atomic mass is 15.1. The molecule has 2 aliphatic rings. The van der Waals surface area contributed by atoms with E-state index in [9.17, 15) is 0 Å². The van der Waals surface area contributed by atoms with Crippen LogP contribution in [-0.2, 0) is 0 Å². The van der Waals surface area contributed by atoms with Crippen LogP contribution in [0.5, 0.6) is 0 Å². The lowest BCUT2D eigenvalue weighted by Crippen LogP contribution is -2.41. The van der Waals surface area contributed by atoms with Crippen molar-refractivity contribution in [3.8, 4) is 0 Å². The predicted octanol–water partition coefficient (Wildman–Crippen LogP) is 2.37. The Morgan fingerprint density at radius 3 is 2.74 bits per heavy atom. The van der Waals surface area contributed by atoms with Crippen LogP contribution in [0.2, 0.25) is 0 Å². The second-order valence-electron chi connectivity index (χ2n) is 6.49. The van der Waals surface area contributed by atoms with Gasteiger partial charge in [-0.1, -0.05) is 19.3 Å². The van der Waals surface area contributed by atoms with E-state index in [1.807, 2.05) is 0 Å². The maximum Gasteiger partial charge on any atom is 0.0107 e. The summed E-state index contributed by atoms with van der Waals surface area (Å²) in [7, 11) is 0. The van der Waals surface area contributed by atoms with Gasteiger partial charge in [0.25, 0.3) is 0 Å². The predicted molar refractivity (Wildman–Crippen MR) is 82.6 cm³/mol. The summed E-state index contributed by atoms with van der Waals surface area (Å²) in [6, 6.07) is 1.40. The maximum atomic E-state index is 3.72. The second kappa shape index (κ2) is 8.93. The molecule has 0 bridgehead atoms. The van der Waals surface area contributed by atoms with Gasteiger partial charge >= 0.3 is 0 Å². The molecule has 2 atom stereocenters. The fraction of sp³-hybridized carbons (Fsp3) is 1.00. The summed E-state index contributed by atoms with van der Waals surface area (Å²) in [5.41, 5.74) is 0. The molecular weight excluding hydrogens is 234 g/mol. The lowest BCUT2D eigenvalue weighted by Gasteiger charge is -2.27. The van der Waals surface area contributed by atoms with Gasteiger partial charge in [-0.15, -0.1) is 0 Å². The SMILES string of the molecule is CC(CC1CCCCCN1)NCCN1CCCCC1. The molecule has 3 nitrogen and oxygen atoms in total. The fourth-order valence-corrected chi connectivity index (χ4v) is 3.46. The molecule has 0 spiro atoms. The molecule has 2 aliphatic heterocycles. The minimum Gasteiger partial charge on any atom is -0.314 e. The van der Waals surface area contributed by atoms with Crippen molar-refractivity contribution in [2.75, 3.05) is 32.7 Å². The molecule has 2 fully saturated rings. The molecule has 2 heterocycles. The first-order chi connectivity index (χ1) is 9.34. The van der Waals surface area contributed by atoms with Crippen molar-refractivity contribution >= 4 is 0 Å².